The molecule has 0 fully saturated rings. The van der Waals surface area contributed by atoms with Gasteiger partial charge in [0.2, 0.25) is 0 Å². The largest absolute Gasteiger partial charge is 0.507 e. The second kappa shape index (κ2) is 3.85. The monoisotopic (exact) mass is 180 g/mol. The van der Waals surface area contributed by atoms with Crippen molar-refractivity contribution >= 4 is 11.9 Å². The van der Waals surface area contributed by atoms with E-state index in [9.17, 15) is 14.3 Å². The molecule has 68 valence electrons. The minimum atomic E-state index is -0.444. The maximum absolute atomic E-state index is 12.6. The predicted octanol–water partition coefficient (Wildman–Crippen LogP) is 2.13. The molecule has 0 atom stereocenters. The third kappa shape index (κ3) is 2.71. The molecule has 2 nitrogen and oxygen atoms in total. The van der Waals surface area contributed by atoms with E-state index in [4.69, 9.17) is 0 Å². The molecule has 13 heavy (non-hydrogen) atoms. The van der Waals surface area contributed by atoms with E-state index in [0.29, 0.717) is 5.56 Å². The minimum Gasteiger partial charge on any atom is -0.507 e. The standard InChI is InChI=1S/C10H9FO2/c1-7(12)2-3-8-6-9(11)4-5-10(8)13/h2-6,13H,1H3/b3-2+. The second-order valence-corrected chi connectivity index (χ2v) is 2.65. The summed E-state index contributed by atoms with van der Waals surface area (Å²) in [6.45, 7) is 1.38. The molecule has 0 amide bonds. The Balaban J connectivity index is 3.00. The van der Waals surface area contributed by atoms with Crippen LogP contribution in [0.3, 0.4) is 0 Å². The number of allylic oxidation sites excluding steroid dienone is 1. The smallest absolute Gasteiger partial charge is 0.152 e. The van der Waals surface area contributed by atoms with Gasteiger partial charge in [-0.2, -0.15) is 0 Å². The molecule has 0 spiro atoms. The summed E-state index contributed by atoms with van der Waals surface area (Å²) in [6.07, 6.45) is 2.65. The van der Waals surface area contributed by atoms with Crippen molar-refractivity contribution in [1.82, 2.24) is 0 Å². The number of hydrogen-bond acceptors (Lipinski definition) is 2. The Labute approximate surface area is 75.3 Å². The van der Waals surface area contributed by atoms with E-state index in [1.165, 1.54) is 25.1 Å². The third-order valence-corrected chi connectivity index (χ3v) is 1.49. The average molecular weight is 180 g/mol. The number of carbonyl (C=O) groups is 1. The number of rotatable bonds is 2. The van der Waals surface area contributed by atoms with Gasteiger partial charge in [0.15, 0.2) is 5.78 Å². The summed E-state index contributed by atoms with van der Waals surface area (Å²) in [4.78, 5) is 10.6. The van der Waals surface area contributed by atoms with Crippen LogP contribution in [-0.2, 0) is 4.79 Å². The summed E-state index contributed by atoms with van der Waals surface area (Å²) in [7, 11) is 0. The van der Waals surface area contributed by atoms with Gasteiger partial charge in [-0.3, -0.25) is 4.79 Å². The fourth-order valence-electron chi connectivity index (χ4n) is 0.866. The fraction of sp³-hybridized carbons (Fsp3) is 0.100. The number of carbonyl (C=O) groups excluding carboxylic acids is 1. The first kappa shape index (κ1) is 9.45. The summed E-state index contributed by atoms with van der Waals surface area (Å²) >= 11 is 0. The van der Waals surface area contributed by atoms with Crippen LogP contribution in [0.5, 0.6) is 5.75 Å². The Hall–Kier alpha value is -1.64. The van der Waals surface area contributed by atoms with Gasteiger partial charge in [0.1, 0.15) is 11.6 Å². The summed E-state index contributed by atoms with van der Waals surface area (Å²) in [5.74, 6) is -0.636. The van der Waals surface area contributed by atoms with E-state index >= 15 is 0 Å². The lowest BCUT2D eigenvalue weighted by molar-refractivity contribution is -0.112. The number of hydrogen-bond donors (Lipinski definition) is 1. The predicted molar refractivity (Wildman–Crippen MR) is 47.8 cm³/mol. The zero-order valence-electron chi connectivity index (χ0n) is 7.12. The van der Waals surface area contributed by atoms with Crippen LogP contribution >= 0.6 is 0 Å². The van der Waals surface area contributed by atoms with Gasteiger partial charge in [-0.05, 0) is 37.3 Å². The van der Waals surface area contributed by atoms with Crippen molar-refractivity contribution in [2.75, 3.05) is 0 Å². The number of halogens is 1. The topological polar surface area (TPSA) is 37.3 Å². The van der Waals surface area contributed by atoms with Gasteiger partial charge in [-0.1, -0.05) is 0 Å². The zero-order chi connectivity index (χ0) is 9.84. The Morgan fingerprint density at radius 2 is 2.23 bits per heavy atom. The van der Waals surface area contributed by atoms with Crippen molar-refractivity contribution in [2.45, 2.75) is 6.92 Å². The molecule has 0 radical (unpaired) electrons. The molecule has 0 aliphatic rings. The van der Waals surface area contributed by atoms with Crippen molar-refractivity contribution in [2.24, 2.45) is 0 Å². The number of benzene rings is 1. The van der Waals surface area contributed by atoms with Gasteiger partial charge in [-0.25, -0.2) is 4.39 Å². The minimum absolute atomic E-state index is 0.0427. The maximum Gasteiger partial charge on any atom is 0.152 e. The van der Waals surface area contributed by atoms with Gasteiger partial charge in [0.25, 0.3) is 0 Å². The van der Waals surface area contributed by atoms with Crippen LogP contribution in [0.4, 0.5) is 4.39 Å². The van der Waals surface area contributed by atoms with Gasteiger partial charge in [0, 0.05) is 5.56 Å². The van der Waals surface area contributed by atoms with E-state index < -0.39 is 5.82 Å². The average Bonchev–Trinajstić information content (AvgIpc) is 2.06. The highest BCUT2D eigenvalue weighted by atomic mass is 19.1. The molecule has 0 heterocycles. The van der Waals surface area contributed by atoms with Crippen molar-refractivity contribution in [3.8, 4) is 5.75 Å². The number of ketones is 1. The molecule has 0 saturated heterocycles. The van der Waals surface area contributed by atoms with Crippen molar-refractivity contribution in [3.63, 3.8) is 0 Å². The molecule has 3 heteroatoms. The molecular formula is C10H9FO2. The summed E-state index contributed by atoms with van der Waals surface area (Å²) in [5.41, 5.74) is 0.301. The van der Waals surface area contributed by atoms with Gasteiger partial charge >= 0.3 is 0 Å². The SMILES string of the molecule is CC(=O)/C=C/c1cc(F)ccc1O. The van der Waals surface area contributed by atoms with Gasteiger partial charge in [0.05, 0.1) is 0 Å². The highest BCUT2D eigenvalue weighted by molar-refractivity contribution is 5.91. The van der Waals surface area contributed by atoms with E-state index in [2.05, 4.69) is 0 Å². The lowest BCUT2D eigenvalue weighted by Gasteiger charge is -1.97. The summed E-state index contributed by atoms with van der Waals surface area (Å²) in [5, 5.41) is 9.22. The van der Waals surface area contributed by atoms with E-state index in [-0.39, 0.29) is 11.5 Å². The van der Waals surface area contributed by atoms with Gasteiger partial charge < -0.3 is 5.11 Å². The lowest BCUT2D eigenvalue weighted by Crippen LogP contribution is -1.82. The first-order valence-corrected chi connectivity index (χ1v) is 3.77. The van der Waals surface area contributed by atoms with Crippen molar-refractivity contribution in [3.05, 3.63) is 35.7 Å². The van der Waals surface area contributed by atoms with Crippen LogP contribution in [0.1, 0.15) is 12.5 Å². The van der Waals surface area contributed by atoms with Crippen molar-refractivity contribution < 1.29 is 14.3 Å². The molecular weight excluding hydrogens is 171 g/mol. The maximum atomic E-state index is 12.6. The fourth-order valence-corrected chi connectivity index (χ4v) is 0.866. The molecule has 0 unspecified atom stereocenters. The molecule has 1 rings (SSSR count). The number of phenolic OH excluding ortho intramolecular Hbond substituents is 1. The zero-order valence-corrected chi connectivity index (χ0v) is 7.12. The Morgan fingerprint density at radius 3 is 2.85 bits per heavy atom. The third-order valence-electron chi connectivity index (χ3n) is 1.49. The molecule has 0 aromatic heterocycles. The highest BCUT2D eigenvalue weighted by Crippen LogP contribution is 2.18. The first-order chi connectivity index (χ1) is 6.09. The summed E-state index contributed by atoms with van der Waals surface area (Å²) < 4.78 is 12.6. The Bertz CT molecular complexity index is 356. The van der Waals surface area contributed by atoms with Crippen LogP contribution < -0.4 is 0 Å². The second-order valence-electron chi connectivity index (χ2n) is 2.65. The number of phenols is 1. The molecule has 0 aliphatic carbocycles. The van der Waals surface area contributed by atoms with Gasteiger partial charge in [-0.15, -0.1) is 0 Å². The van der Waals surface area contributed by atoms with Crippen LogP contribution in [0.25, 0.3) is 6.08 Å². The van der Waals surface area contributed by atoms with E-state index in [0.717, 1.165) is 12.1 Å². The van der Waals surface area contributed by atoms with Crippen LogP contribution in [0, 0.1) is 5.82 Å². The quantitative estimate of drug-likeness (QED) is 0.708. The van der Waals surface area contributed by atoms with E-state index in [1.54, 1.807) is 0 Å². The Kier molecular flexibility index (Phi) is 2.80. The summed E-state index contributed by atoms with van der Waals surface area (Å²) in [6, 6.07) is 3.56. The molecule has 0 aliphatic heterocycles. The number of aromatic hydroxyl groups is 1. The normalized spacial score (nSPS) is 10.6. The lowest BCUT2D eigenvalue weighted by atomic mass is 10.1. The van der Waals surface area contributed by atoms with Crippen molar-refractivity contribution in [1.29, 1.82) is 0 Å². The molecule has 1 aromatic rings. The molecule has 0 saturated carbocycles. The molecule has 1 aromatic carbocycles. The van der Waals surface area contributed by atoms with Crippen LogP contribution in [0.2, 0.25) is 0 Å². The van der Waals surface area contributed by atoms with Crippen LogP contribution in [-0.4, -0.2) is 10.9 Å². The molecule has 0 bridgehead atoms. The Morgan fingerprint density at radius 1 is 1.54 bits per heavy atom. The highest BCUT2D eigenvalue weighted by Gasteiger charge is 1.98. The van der Waals surface area contributed by atoms with Crippen LogP contribution in [0.15, 0.2) is 24.3 Å². The first-order valence-electron chi connectivity index (χ1n) is 3.77. The molecule has 1 N–H and O–H groups in total. The van der Waals surface area contributed by atoms with E-state index in [1.807, 2.05) is 0 Å².